The normalized spacial score (nSPS) is 12.5. The van der Waals surface area contributed by atoms with Crippen molar-refractivity contribution in [2.75, 3.05) is 6.54 Å². The number of nitrogens with one attached hydrogen (secondary N) is 1. The summed E-state index contributed by atoms with van der Waals surface area (Å²) in [7, 11) is 0. The molecule has 0 heterocycles. The van der Waals surface area contributed by atoms with Crippen LogP contribution in [0.5, 0.6) is 5.75 Å². The standard InChI is InChI=1S/C13H17BrClNO2/c1-8(2)5-10(15)7-16-13(18)9-3-4-11(14)12(17)6-9/h3-4,6,8,10,17H,5,7H2,1-2H3,(H,16,18). The van der Waals surface area contributed by atoms with E-state index in [4.69, 9.17) is 11.6 Å². The summed E-state index contributed by atoms with van der Waals surface area (Å²) in [5, 5.41) is 12.2. The summed E-state index contributed by atoms with van der Waals surface area (Å²) < 4.78 is 0.564. The van der Waals surface area contributed by atoms with Gasteiger partial charge in [0.25, 0.3) is 5.91 Å². The van der Waals surface area contributed by atoms with Crippen LogP contribution < -0.4 is 5.32 Å². The number of aromatic hydroxyl groups is 1. The average Bonchev–Trinajstić information content (AvgIpc) is 2.28. The lowest BCUT2D eigenvalue weighted by molar-refractivity contribution is 0.0952. The van der Waals surface area contributed by atoms with Gasteiger partial charge >= 0.3 is 0 Å². The van der Waals surface area contributed by atoms with Gasteiger partial charge in [-0.25, -0.2) is 0 Å². The van der Waals surface area contributed by atoms with E-state index in [-0.39, 0.29) is 17.0 Å². The zero-order valence-electron chi connectivity index (χ0n) is 10.4. The number of rotatable bonds is 5. The van der Waals surface area contributed by atoms with Gasteiger partial charge < -0.3 is 10.4 Å². The predicted molar refractivity (Wildman–Crippen MR) is 77.2 cm³/mol. The topological polar surface area (TPSA) is 49.3 Å². The van der Waals surface area contributed by atoms with Crippen LogP contribution in [0.1, 0.15) is 30.6 Å². The molecule has 5 heteroatoms. The molecular formula is C13H17BrClNO2. The molecular weight excluding hydrogens is 318 g/mol. The second kappa shape index (κ2) is 7.00. The lowest BCUT2D eigenvalue weighted by Gasteiger charge is -2.13. The molecule has 0 aliphatic heterocycles. The monoisotopic (exact) mass is 333 g/mol. The molecule has 1 unspecified atom stereocenters. The van der Waals surface area contributed by atoms with Gasteiger partial charge in [-0.05, 0) is 46.5 Å². The Labute approximate surface area is 121 Å². The SMILES string of the molecule is CC(C)CC(Cl)CNC(=O)c1ccc(Br)c(O)c1. The van der Waals surface area contributed by atoms with E-state index in [2.05, 4.69) is 35.1 Å². The molecule has 1 aromatic carbocycles. The maximum Gasteiger partial charge on any atom is 0.251 e. The van der Waals surface area contributed by atoms with Crippen molar-refractivity contribution in [3.63, 3.8) is 0 Å². The largest absolute Gasteiger partial charge is 0.507 e. The highest BCUT2D eigenvalue weighted by atomic mass is 79.9. The maximum absolute atomic E-state index is 11.8. The van der Waals surface area contributed by atoms with Gasteiger partial charge in [0.05, 0.1) is 9.85 Å². The quantitative estimate of drug-likeness (QED) is 0.809. The molecule has 100 valence electrons. The minimum atomic E-state index is -0.229. The van der Waals surface area contributed by atoms with E-state index < -0.39 is 0 Å². The maximum atomic E-state index is 11.8. The van der Waals surface area contributed by atoms with E-state index in [0.717, 1.165) is 6.42 Å². The van der Waals surface area contributed by atoms with Gasteiger partial charge in [0, 0.05) is 12.1 Å². The Kier molecular flexibility index (Phi) is 5.96. The van der Waals surface area contributed by atoms with Crippen LogP contribution in [0.3, 0.4) is 0 Å². The first kappa shape index (κ1) is 15.3. The van der Waals surface area contributed by atoms with E-state index in [1.54, 1.807) is 12.1 Å². The van der Waals surface area contributed by atoms with Crippen molar-refractivity contribution in [1.29, 1.82) is 0 Å². The highest BCUT2D eigenvalue weighted by molar-refractivity contribution is 9.10. The van der Waals surface area contributed by atoms with E-state index in [9.17, 15) is 9.90 Å². The first-order chi connectivity index (χ1) is 8.40. The van der Waals surface area contributed by atoms with Gasteiger partial charge in [-0.15, -0.1) is 11.6 Å². The molecule has 1 amide bonds. The lowest BCUT2D eigenvalue weighted by atomic mass is 10.1. The van der Waals surface area contributed by atoms with Crippen LogP contribution in [0.25, 0.3) is 0 Å². The van der Waals surface area contributed by atoms with Crippen LogP contribution in [-0.4, -0.2) is 22.9 Å². The number of benzene rings is 1. The molecule has 0 saturated heterocycles. The van der Waals surface area contributed by atoms with Crippen molar-refractivity contribution in [3.8, 4) is 5.75 Å². The first-order valence-electron chi connectivity index (χ1n) is 5.81. The molecule has 2 N–H and O–H groups in total. The van der Waals surface area contributed by atoms with Gasteiger partial charge in [0.2, 0.25) is 0 Å². The van der Waals surface area contributed by atoms with Gasteiger partial charge in [-0.1, -0.05) is 13.8 Å². The van der Waals surface area contributed by atoms with Gasteiger partial charge in [0.15, 0.2) is 0 Å². The van der Waals surface area contributed by atoms with Gasteiger partial charge in [0.1, 0.15) is 5.75 Å². The minimum Gasteiger partial charge on any atom is -0.507 e. The Hall–Kier alpha value is -0.740. The van der Waals surface area contributed by atoms with Crippen LogP contribution in [0.2, 0.25) is 0 Å². The Balaban J connectivity index is 2.52. The summed E-state index contributed by atoms with van der Waals surface area (Å²) in [6.07, 6.45) is 0.855. The lowest BCUT2D eigenvalue weighted by Crippen LogP contribution is -2.30. The Bertz CT molecular complexity index is 423. The highest BCUT2D eigenvalue weighted by Gasteiger charge is 2.11. The molecule has 0 spiro atoms. The van der Waals surface area contributed by atoms with Crippen molar-refractivity contribution in [3.05, 3.63) is 28.2 Å². The molecule has 3 nitrogen and oxygen atoms in total. The van der Waals surface area contributed by atoms with E-state index >= 15 is 0 Å². The van der Waals surface area contributed by atoms with Gasteiger partial charge in [-0.3, -0.25) is 4.79 Å². The molecule has 18 heavy (non-hydrogen) atoms. The van der Waals surface area contributed by atoms with Crippen LogP contribution in [0, 0.1) is 5.92 Å². The number of hydrogen-bond acceptors (Lipinski definition) is 2. The fourth-order valence-corrected chi connectivity index (χ4v) is 2.23. The number of hydrogen-bond donors (Lipinski definition) is 2. The number of carbonyl (C=O) groups is 1. The Morgan fingerprint density at radius 3 is 2.72 bits per heavy atom. The van der Waals surface area contributed by atoms with Crippen molar-refractivity contribution in [2.24, 2.45) is 5.92 Å². The summed E-state index contributed by atoms with van der Waals surface area (Å²) in [6, 6.07) is 4.70. The zero-order chi connectivity index (χ0) is 13.7. The third-order valence-corrected chi connectivity index (χ3v) is 3.42. The van der Waals surface area contributed by atoms with Crippen molar-refractivity contribution in [2.45, 2.75) is 25.6 Å². The number of amides is 1. The zero-order valence-corrected chi connectivity index (χ0v) is 12.8. The number of phenols is 1. The highest BCUT2D eigenvalue weighted by Crippen LogP contribution is 2.24. The molecule has 0 aliphatic carbocycles. The van der Waals surface area contributed by atoms with Crippen LogP contribution in [-0.2, 0) is 0 Å². The molecule has 0 radical (unpaired) electrons. The molecule has 0 aliphatic rings. The molecule has 0 saturated carbocycles. The summed E-state index contributed by atoms with van der Waals surface area (Å²) >= 11 is 9.26. The molecule has 1 aromatic rings. The molecule has 0 fully saturated rings. The summed E-state index contributed by atoms with van der Waals surface area (Å²) in [4.78, 5) is 11.8. The number of halogens is 2. The summed E-state index contributed by atoms with van der Waals surface area (Å²) in [5.74, 6) is 0.320. The predicted octanol–water partition coefficient (Wildman–Crippen LogP) is 3.54. The number of phenolic OH excluding ortho intramolecular Hbond substituents is 1. The van der Waals surface area contributed by atoms with Crippen LogP contribution in [0.4, 0.5) is 0 Å². The third kappa shape index (κ3) is 4.86. The minimum absolute atomic E-state index is 0.0484. The van der Waals surface area contributed by atoms with Crippen molar-refractivity contribution in [1.82, 2.24) is 5.32 Å². The van der Waals surface area contributed by atoms with Crippen LogP contribution >= 0.6 is 27.5 Å². The van der Waals surface area contributed by atoms with Crippen molar-refractivity contribution >= 4 is 33.4 Å². The second-order valence-electron chi connectivity index (χ2n) is 4.60. The fraction of sp³-hybridized carbons (Fsp3) is 0.462. The fourth-order valence-electron chi connectivity index (χ4n) is 1.55. The van der Waals surface area contributed by atoms with E-state index in [1.807, 2.05) is 0 Å². The summed E-state index contributed by atoms with van der Waals surface area (Å²) in [5.41, 5.74) is 0.420. The number of alkyl halides is 1. The first-order valence-corrected chi connectivity index (χ1v) is 7.04. The molecule has 1 rings (SSSR count). The third-order valence-electron chi connectivity index (χ3n) is 2.42. The van der Waals surface area contributed by atoms with Crippen molar-refractivity contribution < 1.29 is 9.90 Å². The number of carbonyl (C=O) groups excluding carboxylic acids is 1. The summed E-state index contributed by atoms with van der Waals surface area (Å²) in [6.45, 7) is 4.60. The second-order valence-corrected chi connectivity index (χ2v) is 6.07. The van der Waals surface area contributed by atoms with E-state index in [1.165, 1.54) is 6.07 Å². The molecule has 1 atom stereocenters. The molecule has 0 aromatic heterocycles. The van der Waals surface area contributed by atoms with Gasteiger partial charge in [-0.2, -0.15) is 0 Å². The van der Waals surface area contributed by atoms with E-state index in [0.29, 0.717) is 22.5 Å². The average molecular weight is 335 g/mol. The smallest absolute Gasteiger partial charge is 0.251 e. The molecule has 0 bridgehead atoms. The Morgan fingerprint density at radius 2 is 2.17 bits per heavy atom. The van der Waals surface area contributed by atoms with Crippen LogP contribution in [0.15, 0.2) is 22.7 Å². The Morgan fingerprint density at radius 1 is 1.50 bits per heavy atom.